The zero-order valence-electron chi connectivity index (χ0n) is 16.1. The molecule has 0 radical (unpaired) electrons. The average Bonchev–Trinajstić information content (AvgIpc) is 3.39. The maximum absolute atomic E-state index is 12.6. The third-order valence-electron chi connectivity index (χ3n) is 4.56. The molecule has 1 aliphatic heterocycles. The van der Waals surface area contributed by atoms with Crippen LogP contribution in [0.2, 0.25) is 5.02 Å². The van der Waals surface area contributed by atoms with Gasteiger partial charge in [0.05, 0.1) is 6.54 Å². The lowest BCUT2D eigenvalue weighted by Gasteiger charge is -2.16. The molecule has 156 valence electrons. The molecule has 0 spiro atoms. The molecule has 0 bridgehead atoms. The van der Waals surface area contributed by atoms with Crippen LogP contribution >= 0.6 is 22.9 Å². The molecule has 1 N–H and O–H groups in total. The standard InChI is InChI=1S/C19H19ClN6O3S/c1-28-16(12-4-2-5-13(20)10-12)17(27)22-18-24-25-19(30-18)29-14-7-9-26(11-14)15-6-3-8-21-23-15/h2-6,8,10,14,16H,7,9,11H2,1H3,(H,22,24,27)/t14-,16?/m1/s1. The molecular formula is C19H19ClN6O3S. The summed E-state index contributed by atoms with van der Waals surface area (Å²) in [5.41, 5.74) is 0.651. The van der Waals surface area contributed by atoms with Gasteiger partial charge in [0.1, 0.15) is 6.10 Å². The van der Waals surface area contributed by atoms with Gasteiger partial charge in [0.15, 0.2) is 11.9 Å². The SMILES string of the molecule is COC(C(=O)Nc1nnc(O[C@@H]2CCN(c3cccnn3)C2)s1)c1cccc(Cl)c1. The lowest BCUT2D eigenvalue weighted by molar-refractivity contribution is -0.126. The van der Waals surface area contributed by atoms with E-state index in [4.69, 9.17) is 21.1 Å². The van der Waals surface area contributed by atoms with Gasteiger partial charge < -0.3 is 14.4 Å². The van der Waals surface area contributed by atoms with Crippen LogP contribution in [0.25, 0.3) is 0 Å². The van der Waals surface area contributed by atoms with Gasteiger partial charge in [-0.1, -0.05) is 28.8 Å². The second-order valence-electron chi connectivity index (χ2n) is 6.59. The molecule has 11 heteroatoms. The van der Waals surface area contributed by atoms with Crippen molar-refractivity contribution in [2.45, 2.75) is 18.6 Å². The Morgan fingerprint density at radius 3 is 2.97 bits per heavy atom. The van der Waals surface area contributed by atoms with Crippen molar-refractivity contribution in [2.24, 2.45) is 0 Å². The van der Waals surface area contributed by atoms with Gasteiger partial charge in [-0.05, 0) is 41.2 Å². The topological polar surface area (TPSA) is 102 Å². The van der Waals surface area contributed by atoms with Crippen molar-refractivity contribution in [1.29, 1.82) is 0 Å². The van der Waals surface area contributed by atoms with Gasteiger partial charge in [0.25, 0.3) is 11.1 Å². The average molecular weight is 447 g/mol. The quantitative estimate of drug-likeness (QED) is 0.591. The van der Waals surface area contributed by atoms with Crippen LogP contribution in [0.3, 0.4) is 0 Å². The minimum absolute atomic E-state index is 0.0401. The molecule has 2 aromatic heterocycles. The number of hydrogen-bond donors (Lipinski definition) is 1. The summed E-state index contributed by atoms with van der Waals surface area (Å²) in [6, 6.07) is 10.7. The minimum Gasteiger partial charge on any atom is -0.464 e. The number of benzene rings is 1. The van der Waals surface area contributed by atoms with Gasteiger partial charge in [0.2, 0.25) is 5.13 Å². The lowest BCUT2D eigenvalue weighted by atomic mass is 10.1. The number of carbonyl (C=O) groups is 1. The monoisotopic (exact) mass is 446 g/mol. The van der Waals surface area contributed by atoms with E-state index in [-0.39, 0.29) is 12.0 Å². The highest BCUT2D eigenvalue weighted by Gasteiger charge is 2.27. The number of nitrogens with zero attached hydrogens (tertiary/aromatic N) is 5. The number of methoxy groups -OCH3 is 1. The van der Waals surface area contributed by atoms with Gasteiger partial charge >= 0.3 is 0 Å². The third kappa shape index (κ3) is 4.84. The van der Waals surface area contributed by atoms with Crippen LogP contribution in [-0.4, -0.2) is 52.6 Å². The molecular weight excluding hydrogens is 428 g/mol. The van der Waals surface area contributed by atoms with Gasteiger partial charge in [-0.2, -0.15) is 5.10 Å². The fourth-order valence-corrected chi connectivity index (χ4v) is 4.04. The van der Waals surface area contributed by atoms with E-state index in [9.17, 15) is 4.79 Å². The van der Waals surface area contributed by atoms with Gasteiger partial charge in [-0.25, -0.2) is 0 Å². The summed E-state index contributed by atoms with van der Waals surface area (Å²) in [6.07, 6.45) is 1.62. The second kappa shape index (κ2) is 9.33. The van der Waals surface area contributed by atoms with E-state index in [0.29, 0.717) is 27.5 Å². The Morgan fingerprint density at radius 1 is 1.30 bits per heavy atom. The molecule has 30 heavy (non-hydrogen) atoms. The van der Waals surface area contributed by atoms with Gasteiger partial charge in [0, 0.05) is 31.3 Å². The summed E-state index contributed by atoms with van der Waals surface area (Å²) in [6.45, 7) is 1.50. The van der Waals surface area contributed by atoms with Crippen molar-refractivity contribution in [3.8, 4) is 5.19 Å². The molecule has 1 aromatic carbocycles. The van der Waals surface area contributed by atoms with E-state index in [1.54, 1.807) is 30.5 Å². The zero-order valence-corrected chi connectivity index (χ0v) is 17.6. The number of rotatable bonds is 7. The summed E-state index contributed by atoms with van der Waals surface area (Å²) in [4.78, 5) is 14.7. The number of nitrogens with one attached hydrogen (secondary N) is 1. The first-order chi connectivity index (χ1) is 14.6. The van der Waals surface area contributed by atoms with Crippen LogP contribution in [0, 0.1) is 0 Å². The Hall–Kier alpha value is -2.82. The van der Waals surface area contributed by atoms with Crippen LogP contribution in [0.4, 0.5) is 10.9 Å². The molecule has 3 aromatic rings. The number of hydrogen-bond acceptors (Lipinski definition) is 9. The zero-order chi connectivity index (χ0) is 20.9. The summed E-state index contributed by atoms with van der Waals surface area (Å²) in [5.74, 6) is 0.456. The summed E-state index contributed by atoms with van der Waals surface area (Å²) >= 11 is 7.18. The molecule has 0 saturated carbocycles. The number of halogens is 1. The normalized spacial score (nSPS) is 17.0. The molecule has 9 nitrogen and oxygen atoms in total. The van der Waals surface area contributed by atoms with E-state index in [0.717, 1.165) is 18.8 Å². The highest BCUT2D eigenvalue weighted by Crippen LogP contribution is 2.28. The second-order valence-corrected chi connectivity index (χ2v) is 7.97. The summed E-state index contributed by atoms with van der Waals surface area (Å²) in [5, 5.41) is 20.0. The van der Waals surface area contributed by atoms with Crippen LogP contribution in [0.5, 0.6) is 5.19 Å². The highest BCUT2D eigenvalue weighted by atomic mass is 35.5. The van der Waals surface area contributed by atoms with Crippen LogP contribution in [-0.2, 0) is 9.53 Å². The third-order valence-corrected chi connectivity index (χ3v) is 5.52. The van der Waals surface area contributed by atoms with E-state index in [1.165, 1.54) is 18.4 Å². The van der Waals surface area contributed by atoms with E-state index in [2.05, 4.69) is 30.6 Å². The van der Waals surface area contributed by atoms with Crippen LogP contribution in [0.15, 0.2) is 42.6 Å². The fraction of sp³-hybridized carbons (Fsp3) is 0.316. The Balaban J connectivity index is 1.34. The Labute approximate surface area is 182 Å². The maximum atomic E-state index is 12.6. The number of amides is 1. The smallest absolute Gasteiger partial charge is 0.296 e. The molecule has 1 amide bonds. The van der Waals surface area contributed by atoms with E-state index >= 15 is 0 Å². The Bertz CT molecular complexity index is 1000. The first-order valence-corrected chi connectivity index (χ1v) is 10.4. The van der Waals surface area contributed by atoms with Crippen molar-refractivity contribution in [3.05, 3.63) is 53.2 Å². The number of anilines is 2. The minimum atomic E-state index is -0.813. The molecule has 0 aliphatic carbocycles. The number of aromatic nitrogens is 4. The van der Waals surface area contributed by atoms with Crippen molar-refractivity contribution < 1.29 is 14.3 Å². The fourth-order valence-electron chi connectivity index (χ4n) is 3.18. The molecule has 1 fully saturated rings. The van der Waals surface area contributed by atoms with Gasteiger partial charge in [-0.3, -0.25) is 10.1 Å². The van der Waals surface area contributed by atoms with Crippen LogP contribution in [0.1, 0.15) is 18.1 Å². The maximum Gasteiger partial charge on any atom is 0.296 e. The first kappa shape index (κ1) is 20.5. The van der Waals surface area contributed by atoms with E-state index in [1.807, 2.05) is 12.1 Å². The summed E-state index contributed by atoms with van der Waals surface area (Å²) < 4.78 is 11.3. The first-order valence-electron chi connectivity index (χ1n) is 9.24. The van der Waals surface area contributed by atoms with Gasteiger partial charge in [-0.15, -0.1) is 10.2 Å². The van der Waals surface area contributed by atoms with E-state index < -0.39 is 6.10 Å². The highest BCUT2D eigenvalue weighted by molar-refractivity contribution is 7.17. The van der Waals surface area contributed by atoms with Crippen molar-refractivity contribution >= 4 is 39.8 Å². The van der Waals surface area contributed by atoms with Crippen molar-refractivity contribution in [2.75, 3.05) is 30.4 Å². The van der Waals surface area contributed by atoms with Crippen molar-refractivity contribution in [3.63, 3.8) is 0 Å². The molecule has 1 aliphatic rings. The predicted octanol–water partition coefficient (Wildman–Crippen LogP) is 2.97. The van der Waals surface area contributed by atoms with Crippen molar-refractivity contribution in [1.82, 2.24) is 20.4 Å². The Kier molecular flexibility index (Phi) is 6.36. The number of carbonyl (C=O) groups excluding carboxylic acids is 1. The molecule has 1 unspecified atom stereocenters. The molecule has 3 heterocycles. The largest absolute Gasteiger partial charge is 0.464 e. The summed E-state index contributed by atoms with van der Waals surface area (Å²) in [7, 11) is 1.46. The molecule has 4 rings (SSSR count). The lowest BCUT2D eigenvalue weighted by Crippen LogP contribution is -2.25. The van der Waals surface area contributed by atoms with Crippen LogP contribution < -0.4 is 15.0 Å². The Morgan fingerprint density at radius 2 is 2.20 bits per heavy atom. The predicted molar refractivity (Wildman–Crippen MR) is 113 cm³/mol. The molecule has 1 saturated heterocycles. The number of ether oxygens (including phenoxy) is 2. The molecule has 2 atom stereocenters.